The van der Waals surface area contributed by atoms with Crippen molar-refractivity contribution in [1.82, 2.24) is 9.88 Å². The number of hydrogen-bond donors (Lipinski definition) is 0. The predicted molar refractivity (Wildman–Crippen MR) is 78.6 cm³/mol. The third-order valence-electron chi connectivity index (χ3n) is 2.59. The van der Waals surface area contributed by atoms with Crippen molar-refractivity contribution >= 4 is 27.5 Å². The second-order valence-corrected chi connectivity index (χ2v) is 5.62. The minimum absolute atomic E-state index is 0.774. The molecule has 2 rings (SSSR count). The molecule has 0 aliphatic rings. The molecule has 0 aliphatic heterocycles. The average molecular weight is 326 g/mol. The first-order chi connectivity index (χ1) is 8.63. The molecule has 2 aromatic rings. The fourth-order valence-electron chi connectivity index (χ4n) is 1.73. The molecule has 18 heavy (non-hydrogen) atoms. The van der Waals surface area contributed by atoms with Gasteiger partial charge in [0.25, 0.3) is 0 Å². The Morgan fingerprint density at radius 3 is 2.44 bits per heavy atom. The number of hydrogen-bond acceptors (Lipinski definition) is 2. The van der Waals surface area contributed by atoms with Crippen LogP contribution in [0.1, 0.15) is 11.3 Å². The third-order valence-corrected chi connectivity index (χ3v) is 3.31. The summed E-state index contributed by atoms with van der Waals surface area (Å²) in [6.07, 6.45) is 1.82. The molecule has 0 radical (unpaired) electrons. The van der Waals surface area contributed by atoms with Crippen molar-refractivity contribution in [3.63, 3.8) is 0 Å². The lowest BCUT2D eigenvalue weighted by Crippen LogP contribution is -2.17. The van der Waals surface area contributed by atoms with Crippen molar-refractivity contribution in [2.24, 2.45) is 0 Å². The first-order valence-corrected chi connectivity index (χ1v) is 6.84. The first-order valence-electron chi connectivity index (χ1n) is 5.67. The van der Waals surface area contributed by atoms with E-state index < -0.39 is 0 Å². The lowest BCUT2D eigenvalue weighted by Gasteiger charge is -2.16. The van der Waals surface area contributed by atoms with E-state index >= 15 is 0 Å². The van der Waals surface area contributed by atoms with E-state index in [1.807, 2.05) is 42.6 Å². The van der Waals surface area contributed by atoms with E-state index in [9.17, 15) is 0 Å². The van der Waals surface area contributed by atoms with Crippen LogP contribution in [0.4, 0.5) is 0 Å². The van der Waals surface area contributed by atoms with E-state index in [1.54, 1.807) is 0 Å². The molecule has 0 amide bonds. The zero-order valence-electron chi connectivity index (χ0n) is 10.1. The van der Waals surface area contributed by atoms with E-state index in [2.05, 4.69) is 32.9 Å². The Hall–Kier alpha value is -0.900. The van der Waals surface area contributed by atoms with Crippen LogP contribution >= 0.6 is 27.5 Å². The van der Waals surface area contributed by atoms with Crippen LogP contribution in [0.3, 0.4) is 0 Å². The molecule has 94 valence electrons. The van der Waals surface area contributed by atoms with Crippen molar-refractivity contribution in [2.45, 2.75) is 13.1 Å². The van der Waals surface area contributed by atoms with Gasteiger partial charge in [0.2, 0.25) is 0 Å². The molecular weight excluding hydrogens is 312 g/mol. The summed E-state index contributed by atoms with van der Waals surface area (Å²) in [5.74, 6) is 0. The predicted octanol–water partition coefficient (Wildman–Crippen LogP) is 4.13. The maximum Gasteiger partial charge on any atom is 0.0544 e. The van der Waals surface area contributed by atoms with Crippen LogP contribution in [0.25, 0.3) is 0 Å². The van der Waals surface area contributed by atoms with Crippen LogP contribution < -0.4 is 0 Å². The van der Waals surface area contributed by atoms with Gasteiger partial charge in [-0.25, -0.2) is 0 Å². The third kappa shape index (κ3) is 4.09. The quantitative estimate of drug-likeness (QED) is 0.840. The Morgan fingerprint density at radius 1 is 1.11 bits per heavy atom. The van der Waals surface area contributed by atoms with Gasteiger partial charge in [-0.2, -0.15) is 0 Å². The Morgan fingerprint density at radius 2 is 1.83 bits per heavy atom. The van der Waals surface area contributed by atoms with Crippen molar-refractivity contribution in [3.8, 4) is 0 Å². The highest BCUT2D eigenvalue weighted by Gasteiger charge is 2.03. The van der Waals surface area contributed by atoms with Gasteiger partial charge in [0.1, 0.15) is 0 Å². The number of halogens is 2. The second-order valence-electron chi connectivity index (χ2n) is 4.27. The molecule has 0 aliphatic carbocycles. The molecule has 0 saturated carbocycles. The minimum Gasteiger partial charge on any atom is -0.296 e. The van der Waals surface area contributed by atoms with E-state index in [1.165, 1.54) is 5.56 Å². The van der Waals surface area contributed by atoms with Crippen molar-refractivity contribution in [3.05, 3.63) is 63.3 Å². The molecule has 0 saturated heterocycles. The molecule has 1 aromatic carbocycles. The highest BCUT2D eigenvalue weighted by atomic mass is 79.9. The molecule has 0 bridgehead atoms. The van der Waals surface area contributed by atoms with Crippen LogP contribution in [-0.4, -0.2) is 16.9 Å². The summed E-state index contributed by atoms with van der Waals surface area (Å²) in [5, 5.41) is 0.774. The molecule has 1 heterocycles. The molecule has 0 fully saturated rings. The highest BCUT2D eigenvalue weighted by Crippen LogP contribution is 2.13. The van der Waals surface area contributed by atoms with Crippen LogP contribution in [-0.2, 0) is 13.1 Å². The van der Waals surface area contributed by atoms with Gasteiger partial charge in [0.05, 0.1) is 5.69 Å². The summed E-state index contributed by atoms with van der Waals surface area (Å²) < 4.78 is 1.01. The highest BCUT2D eigenvalue weighted by molar-refractivity contribution is 9.10. The molecule has 0 N–H and O–H groups in total. The number of benzene rings is 1. The number of nitrogens with zero attached hydrogens (tertiary/aromatic N) is 2. The van der Waals surface area contributed by atoms with E-state index in [-0.39, 0.29) is 0 Å². The minimum atomic E-state index is 0.774. The number of aromatic nitrogens is 1. The lowest BCUT2D eigenvalue weighted by molar-refractivity contribution is 0.315. The summed E-state index contributed by atoms with van der Waals surface area (Å²) in [5.41, 5.74) is 2.31. The normalized spacial score (nSPS) is 10.9. The van der Waals surface area contributed by atoms with E-state index in [0.29, 0.717) is 0 Å². The Bertz CT molecular complexity index is 449. The summed E-state index contributed by atoms with van der Waals surface area (Å²) in [4.78, 5) is 6.59. The van der Waals surface area contributed by atoms with Crippen LogP contribution in [0.15, 0.2) is 47.1 Å². The second kappa shape index (κ2) is 6.32. The SMILES string of the molecule is CN(Cc1ccc(Cl)cc1)Cc1ccc(Br)cn1. The van der Waals surface area contributed by atoms with Gasteiger partial charge < -0.3 is 0 Å². The summed E-state index contributed by atoms with van der Waals surface area (Å²) in [6, 6.07) is 12.0. The van der Waals surface area contributed by atoms with Gasteiger partial charge >= 0.3 is 0 Å². The molecule has 0 unspecified atom stereocenters. The monoisotopic (exact) mass is 324 g/mol. The van der Waals surface area contributed by atoms with Gasteiger partial charge in [-0.1, -0.05) is 23.7 Å². The Balaban J connectivity index is 1.94. The molecular formula is C14H14BrClN2. The molecule has 2 nitrogen and oxygen atoms in total. The summed E-state index contributed by atoms with van der Waals surface area (Å²) in [7, 11) is 2.08. The number of pyridine rings is 1. The standard InChI is InChI=1S/C14H14BrClN2/c1-18(9-11-2-5-13(16)6-3-11)10-14-7-4-12(15)8-17-14/h2-8H,9-10H2,1H3. The zero-order chi connectivity index (χ0) is 13.0. The van der Waals surface area contributed by atoms with Crippen molar-refractivity contribution < 1.29 is 0 Å². The lowest BCUT2D eigenvalue weighted by atomic mass is 10.2. The smallest absolute Gasteiger partial charge is 0.0544 e. The topological polar surface area (TPSA) is 16.1 Å². The zero-order valence-corrected chi connectivity index (χ0v) is 12.4. The van der Waals surface area contributed by atoms with Crippen molar-refractivity contribution in [1.29, 1.82) is 0 Å². The maximum atomic E-state index is 5.86. The fraction of sp³-hybridized carbons (Fsp3) is 0.214. The molecule has 0 atom stereocenters. The van der Waals surface area contributed by atoms with E-state index in [0.717, 1.165) is 28.3 Å². The molecule has 1 aromatic heterocycles. The largest absolute Gasteiger partial charge is 0.296 e. The fourth-order valence-corrected chi connectivity index (χ4v) is 2.09. The van der Waals surface area contributed by atoms with Gasteiger partial charge in [-0.05, 0) is 52.8 Å². The van der Waals surface area contributed by atoms with Gasteiger partial charge in [-0.3, -0.25) is 9.88 Å². The van der Waals surface area contributed by atoms with Gasteiger partial charge in [0.15, 0.2) is 0 Å². The van der Waals surface area contributed by atoms with Crippen LogP contribution in [0.2, 0.25) is 5.02 Å². The summed E-state index contributed by atoms with van der Waals surface area (Å²) in [6.45, 7) is 1.71. The van der Waals surface area contributed by atoms with Gasteiger partial charge in [0, 0.05) is 28.8 Å². The maximum absolute atomic E-state index is 5.86. The van der Waals surface area contributed by atoms with Gasteiger partial charge in [-0.15, -0.1) is 0 Å². The molecule has 4 heteroatoms. The first kappa shape index (κ1) is 13.5. The van der Waals surface area contributed by atoms with Crippen LogP contribution in [0, 0.1) is 0 Å². The van der Waals surface area contributed by atoms with Crippen LogP contribution in [0.5, 0.6) is 0 Å². The Kier molecular flexibility index (Phi) is 4.75. The van der Waals surface area contributed by atoms with E-state index in [4.69, 9.17) is 11.6 Å². The number of rotatable bonds is 4. The molecule has 0 spiro atoms. The Labute approximate surface area is 121 Å². The average Bonchev–Trinajstić information content (AvgIpc) is 2.35. The van der Waals surface area contributed by atoms with Crippen molar-refractivity contribution in [2.75, 3.05) is 7.05 Å². The summed E-state index contributed by atoms with van der Waals surface area (Å²) >= 11 is 9.25.